The van der Waals surface area contributed by atoms with Gasteiger partial charge in [-0.1, -0.05) is 30.3 Å². The standard InChI is InChI=1S/C25H26N4O3/c1-17-13-18(2)15-20(14-17)28(12-6-11-26)22(30)16-29-23(31)25(27-24(29)32)10-5-8-19-7-3-4-9-21(19)25/h3-4,7,9,13-15H,5-6,8,10,12,16H2,1-2H3,(H,27,32). The van der Waals surface area contributed by atoms with Gasteiger partial charge < -0.3 is 10.2 Å². The number of hydrogen-bond donors (Lipinski definition) is 1. The lowest BCUT2D eigenvalue weighted by molar-refractivity contribution is -0.135. The Morgan fingerprint density at radius 3 is 2.62 bits per heavy atom. The Labute approximate surface area is 187 Å². The van der Waals surface area contributed by atoms with Crippen LogP contribution in [0.5, 0.6) is 0 Å². The van der Waals surface area contributed by atoms with Crippen molar-refractivity contribution in [3.8, 4) is 6.07 Å². The van der Waals surface area contributed by atoms with Crippen molar-refractivity contribution in [2.75, 3.05) is 18.0 Å². The summed E-state index contributed by atoms with van der Waals surface area (Å²) < 4.78 is 0. The van der Waals surface area contributed by atoms with Gasteiger partial charge in [0.05, 0.1) is 12.5 Å². The molecular weight excluding hydrogens is 404 g/mol. The fourth-order valence-corrected chi connectivity index (χ4v) is 4.84. The molecule has 1 atom stereocenters. The summed E-state index contributed by atoms with van der Waals surface area (Å²) in [6.07, 6.45) is 2.29. The number of nitriles is 1. The van der Waals surface area contributed by atoms with Crippen LogP contribution in [-0.4, -0.2) is 35.8 Å². The Balaban J connectivity index is 1.62. The van der Waals surface area contributed by atoms with Gasteiger partial charge in [0, 0.05) is 12.2 Å². The zero-order valence-electron chi connectivity index (χ0n) is 18.4. The van der Waals surface area contributed by atoms with E-state index in [-0.39, 0.29) is 25.4 Å². The number of aryl methyl sites for hydroxylation is 3. The molecule has 1 N–H and O–H groups in total. The molecule has 7 heteroatoms. The third-order valence-electron chi connectivity index (χ3n) is 6.21. The predicted molar refractivity (Wildman–Crippen MR) is 120 cm³/mol. The minimum Gasteiger partial charge on any atom is -0.319 e. The van der Waals surface area contributed by atoms with Crippen molar-refractivity contribution in [1.29, 1.82) is 5.26 Å². The molecule has 1 aliphatic heterocycles. The Kier molecular flexibility index (Phi) is 5.70. The van der Waals surface area contributed by atoms with Gasteiger partial charge in [0.25, 0.3) is 5.91 Å². The first-order valence-electron chi connectivity index (χ1n) is 10.8. The Hall–Kier alpha value is -3.66. The molecule has 164 valence electrons. The summed E-state index contributed by atoms with van der Waals surface area (Å²) in [4.78, 5) is 42.1. The van der Waals surface area contributed by atoms with Crippen molar-refractivity contribution < 1.29 is 14.4 Å². The third-order valence-corrected chi connectivity index (χ3v) is 6.21. The molecule has 1 heterocycles. The number of anilines is 1. The van der Waals surface area contributed by atoms with Crippen LogP contribution >= 0.6 is 0 Å². The smallest absolute Gasteiger partial charge is 0.319 e. The molecule has 1 spiro atoms. The average Bonchev–Trinajstić information content (AvgIpc) is 2.98. The van der Waals surface area contributed by atoms with Crippen LogP contribution in [0.2, 0.25) is 0 Å². The largest absolute Gasteiger partial charge is 0.325 e. The van der Waals surface area contributed by atoms with Gasteiger partial charge in [-0.05, 0) is 67.5 Å². The summed E-state index contributed by atoms with van der Waals surface area (Å²) >= 11 is 0. The molecular formula is C25H26N4O3. The van der Waals surface area contributed by atoms with Gasteiger partial charge in [0.15, 0.2) is 0 Å². The van der Waals surface area contributed by atoms with E-state index in [1.165, 1.54) is 4.90 Å². The van der Waals surface area contributed by atoms with Gasteiger partial charge in [0.1, 0.15) is 12.1 Å². The van der Waals surface area contributed by atoms with E-state index >= 15 is 0 Å². The highest BCUT2D eigenvalue weighted by molar-refractivity contribution is 6.11. The van der Waals surface area contributed by atoms with Crippen LogP contribution in [0, 0.1) is 25.2 Å². The average molecular weight is 431 g/mol. The fourth-order valence-electron chi connectivity index (χ4n) is 4.84. The number of hydrogen-bond acceptors (Lipinski definition) is 4. The van der Waals surface area contributed by atoms with Gasteiger partial charge >= 0.3 is 6.03 Å². The highest BCUT2D eigenvalue weighted by atomic mass is 16.2. The van der Waals surface area contributed by atoms with Crippen molar-refractivity contribution in [3.63, 3.8) is 0 Å². The second-order valence-electron chi connectivity index (χ2n) is 8.54. The number of nitrogens with one attached hydrogen (secondary N) is 1. The first-order valence-corrected chi connectivity index (χ1v) is 10.8. The highest BCUT2D eigenvalue weighted by Gasteiger charge is 2.54. The monoisotopic (exact) mass is 430 g/mol. The summed E-state index contributed by atoms with van der Waals surface area (Å²) in [6.45, 7) is 3.69. The van der Waals surface area contributed by atoms with Crippen LogP contribution in [0.3, 0.4) is 0 Å². The van der Waals surface area contributed by atoms with E-state index in [1.807, 2.05) is 56.3 Å². The second-order valence-corrected chi connectivity index (χ2v) is 8.54. The van der Waals surface area contributed by atoms with Crippen LogP contribution in [0.15, 0.2) is 42.5 Å². The van der Waals surface area contributed by atoms with E-state index in [4.69, 9.17) is 5.26 Å². The Bertz CT molecular complexity index is 1120. The van der Waals surface area contributed by atoms with E-state index < -0.39 is 17.5 Å². The zero-order chi connectivity index (χ0) is 22.9. The van der Waals surface area contributed by atoms with E-state index in [2.05, 4.69) is 11.4 Å². The van der Waals surface area contributed by atoms with Crippen LogP contribution in [0.1, 0.15) is 41.5 Å². The highest BCUT2D eigenvalue weighted by Crippen LogP contribution is 2.39. The van der Waals surface area contributed by atoms with Crippen molar-refractivity contribution in [1.82, 2.24) is 10.2 Å². The van der Waals surface area contributed by atoms with Gasteiger partial charge in [-0.15, -0.1) is 0 Å². The summed E-state index contributed by atoms with van der Waals surface area (Å²) in [5.41, 5.74) is 3.39. The molecule has 2 aliphatic rings. The molecule has 2 aromatic rings. The fraction of sp³-hybridized carbons (Fsp3) is 0.360. The first-order chi connectivity index (χ1) is 15.4. The lowest BCUT2D eigenvalue weighted by Gasteiger charge is -2.33. The van der Waals surface area contributed by atoms with Crippen molar-refractivity contribution in [3.05, 3.63) is 64.7 Å². The van der Waals surface area contributed by atoms with Crippen molar-refractivity contribution >= 4 is 23.5 Å². The number of carbonyl (C=O) groups excluding carboxylic acids is 3. The number of amides is 4. The molecule has 1 unspecified atom stereocenters. The molecule has 4 rings (SSSR count). The van der Waals surface area contributed by atoms with Crippen molar-refractivity contribution in [2.24, 2.45) is 0 Å². The van der Waals surface area contributed by atoms with Crippen LogP contribution in [-0.2, 0) is 21.5 Å². The van der Waals surface area contributed by atoms with Crippen molar-refractivity contribution in [2.45, 2.75) is 45.1 Å². The Morgan fingerprint density at radius 1 is 1.19 bits per heavy atom. The quantitative estimate of drug-likeness (QED) is 0.737. The number of rotatable bonds is 5. The predicted octanol–water partition coefficient (Wildman–Crippen LogP) is 3.33. The molecule has 1 saturated heterocycles. The molecule has 2 aromatic carbocycles. The SMILES string of the molecule is Cc1cc(C)cc(N(CCC#N)C(=O)CN2C(=O)NC3(CCCc4ccccc43)C2=O)c1. The number of benzene rings is 2. The number of fused-ring (bicyclic) bond motifs is 2. The molecule has 0 aromatic heterocycles. The van der Waals surface area contributed by atoms with E-state index in [0.29, 0.717) is 12.1 Å². The lowest BCUT2D eigenvalue weighted by atomic mass is 9.76. The van der Waals surface area contributed by atoms with E-state index in [9.17, 15) is 14.4 Å². The third kappa shape index (κ3) is 3.73. The summed E-state index contributed by atoms with van der Waals surface area (Å²) in [5, 5.41) is 11.9. The summed E-state index contributed by atoms with van der Waals surface area (Å²) in [6, 6.07) is 14.9. The Morgan fingerprint density at radius 2 is 1.91 bits per heavy atom. The number of urea groups is 1. The lowest BCUT2D eigenvalue weighted by Crippen LogP contribution is -2.47. The molecule has 7 nitrogen and oxygen atoms in total. The molecule has 1 fully saturated rings. The normalized spacial score (nSPS) is 19.5. The first kappa shape index (κ1) is 21.6. The topological polar surface area (TPSA) is 93.5 Å². The van der Waals surface area contributed by atoms with Gasteiger partial charge in [-0.25, -0.2) is 4.79 Å². The van der Waals surface area contributed by atoms with Crippen LogP contribution in [0.25, 0.3) is 0 Å². The van der Waals surface area contributed by atoms with E-state index in [0.717, 1.165) is 40.0 Å². The molecule has 4 amide bonds. The summed E-state index contributed by atoms with van der Waals surface area (Å²) in [5.74, 6) is -0.779. The van der Waals surface area contributed by atoms with Crippen LogP contribution < -0.4 is 10.2 Å². The van der Waals surface area contributed by atoms with Gasteiger partial charge in [0.2, 0.25) is 5.91 Å². The second kappa shape index (κ2) is 8.46. The molecule has 0 radical (unpaired) electrons. The molecule has 32 heavy (non-hydrogen) atoms. The minimum absolute atomic E-state index is 0.149. The maximum Gasteiger partial charge on any atom is 0.325 e. The van der Waals surface area contributed by atoms with Gasteiger partial charge in [-0.2, -0.15) is 5.26 Å². The maximum absolute atomic E-state index is 13.5. The minimum atomic E-state index is -1.11. The molecule has 0 saturated carbocycles. The van der Waals surface area contributed by atoms with E-state index in [1.54, 1.807) is 0 Å². The number of carbonyl (C=O) groups is 3. The summed E-state index contributed by atoms with van der Waals surface area (Å²) in [7, 11) is 0. The zero-order valence-corrected chi connectivity index (χ0v) is 18.4. The number of nitrogens with zero attached hydrogens (tertiary/aromatic N) is 3. The molecule has 1 aliphatic carbocycles. The number of imide groups is 1. The molecule has 0 bridgehead atoms. The van der Waals surface area contributed by atoms with Gasteiger partial charge in [-0.3, -0.25) is 14.5 Å². The maximum atomic E-state index is 13.5. The van der Waals surface area contributed by atoms with Crippen LogP contribution in [0.4, 0.5) is 10.5 Å².